The number of Topliss-reactive ketones (excluding diaryl/α,β-unsaturated/α-hetero) is 1. The molecule has 0 spiro atoms. The number of carbonyl (C=O) groups excluding carboxylic acids is 1. The molecule has 1 aromatic carbocycles. The fourth-order valence-corrected chi connectivity index (χ4v) is 2.51. The highest BCUT2D eigenvalue weighted by Crippen LogP contribution is 2.28. The fourth-order valence-electron chi connectivity index (χ4n) is 2.51. The SMILES string of the molecule is N#Cc1ccc(C(=O)CCC2CCCC2)cc1. The average Bonchev–Trinajstić information content (AvgIpc) is 2.89. The smallest absolute Gasteiger partial charge is 0.162 e. The Kier molecular flexibility index (Phi) is 3.93. The molecule has 1 saturated carbocycles. The Morgan fingerprint density at radius 3 is 2.47 bits per heavy atom. The summed E-state index contributed by atoms with van der Waals surface area (Å²) in [4.78, 5) is 11.9. The quantitative estimate of drug-likeness (QED) is 0.736. The third kappa shape index (κ3) is 3.17. The molecule has 0 saturated heterocycles. The van der Waals surface area contributed by atoms with Crippen LogP contribution in [-0.4, -0.2) is 5.78 Å². The van der Waals surface area contributed by atoms with Gasteiger partial charge in [0.1, 0.15) is 0 Å². The van der Waals surface area contributed by atoms with E-state index in [1.165, 1.54) is 25.7 Å². The van der Waals surface area contributed by atoms with Crippen molar-refractivity contribution in [1.29, 1.82) is 5.26 Å². The molecule has 2 heteroatoms. The number of carbonyl (C=O) groups is 1. The van der Waals surface area contributed by atoms with Crippen LogP contribution in [-0.2, 0) is 0 Å². The molecule has 88 valence electrons. The Morgan fingerprint density at radius 2 is 1.88 bits per heavy atom. The topological polar surface area (TPSA) is 40.9 Å². The Hall–Kier alpha value is -1.62. The van der Waals surface area contributed by atoms with Crippen LogP contribution in [0.15, 0.2) is 24.3 Å². The van der Waals surface area contributed by atoms with Crippen molar-refractivity contribution in [2.45, 2.75) is 38.5 Å². The second-order valence-corrected chi connectivity index (χ2v) is 4.80. The number of hydrogen-bond acceptors (Lipinski definition) is 2. The second-order valence-electron chi connectivity index (χ2n) is 4.80. The Balaban J connectivity index is 1.88. The van der Waals surface area contributed by atoms with E-state index in [0.717, 1.165) is 17.9 Å². The third-order valence-corrected chi connectivity index (χ3v) is 3.59. The van der Waals surface area contributed by atoms with Crippen molar-refractivity contribution in [3.8, 4) is 6.07 Å². The van der Waals surface area contributed by atoms with Crippen molar-refractivity contribution < 1.29 is 4.79 Å². The molecule has 0 bridgehead atoms. The van der Waals surface area contributed by atoms with Gasteiger partial charge in [-0.15, -0.1) is 0 Å². The molecular weight excluding hydrogens is 210 g/mol. The van der Waals surface area contributed by atoms with Crippen LogP contribution in [0.2, 0.25) is 0 Å². The van der Waals surface area contributed by atoms with Crippen molar-refractivity contribution in [3.05, 3.63) is 35.4 Å². The van der Waals surface area contributed by atoms with E-state index in [4.69, 9.17) is 5.26 Å². The number of rotatable bonds is 4. The van der Waals surface area contributed by atoms with Gasteiger partial charge >= 0.3 is 0 Å². The van der Waals surface area contributed by atoms with Gasteiger partial charge in [0.2, 0.25) is 0 Å². The highest BCUT2D eigenvalue weighted by atomic mass is 16.1. The lowest BCUT2D eigenvalue weighted by Crippen LogP contribution is -2.02. The van der Waals surface area contributed by atoms with Gasteiger partial charge in [-0.25, -0.2) is 0 Å². The molecule has 0 aliphatic heterocycles. The lowest BCUT2D eigenvalue weighted by molar-refractivity contribution is 0.0974. The van der Waals surface area contributed by atoms with Crippen LogP contribution in [0.3, 0.4) is 0 Å². The number of nitriles is 1. The molecular formula is C15H17NO. The highest BCUT2D eigenvalue weighted by Gasteiger charge is 2.16. The first-order valence-corrected chi connectivity index (χ1v) is 6.33. The number of hydrogen-bond donors (Lipinski definition) is 0. The summed E-state index contributed by atoms with van der Waals surface area (Å²) >= 11 is 0. The molecule has 0 radical (unpaired) electrons. The zero-order valence-electron chi connectivity index (χ0n) is 9.98. The zero-order chi connectivity index (χ0) is 12.1. The fraction of sp³-hybridized carbons (Fsp3) is 0.467. The number of ketones is 1. The van der Waals surface area contributed by atoms with E-state index in [2.05, 4.69) is 6.07 Å². The predicted molar refractivity (Wildman–Crippen MR) is 66.7 cm³/mol. The first-order chi connectivity index (χ1) is 8.29. The van der Waals surface area contributed by atoms with Gasteiger partial charge in [-0.05, 0) is 24.5 Å². The predicted octanol–water partition coefficient (Wildman–Crippen LogP) is 3.71. The largest absolute Gasteiger partial charge is 0.294 e. The summed E-state index contributed by atoms with van der Waals surface area (Å²) in [6, 6.07) is 9.00. The zero-order valence-corrected chi connectivity index (χ0v) is 9.98. The minimum absolute atomic E-state index is 0.210. The van der Waals surface area contributed by atoms with Gasteiger partial charge in [0.25, 0.3) is 0 Å². The normalized spacial score (nSPS) is 15.7. The minimum Gasteiger partial charge on any atom is -0.294 e. The van der Waals surface area contributed by atoms with Gasteiger partial charge in [0, 0.05) is 12.0 Å². The molecule has 1 aliphatic carbocycles. The van der Waals surface area contributed by atoms with Gasteiger partial charge in [-0.1, -0.05) is 37.8 Å². The van der Waals surface area contributed by atoms with Crippen LogP contribution in [0.4, 0.5) is 0 Å². The van der Waals surface area contributed by atoms with Crippen LogP contribution in [0.1, 0.15) is 54.4 Å². The van der Waals surface area contributed by atoms with Crippen LogP contribution in [0.5, 0.6) is 0 Å². The van der Waals surface area contributed by atoms with E-state index in [9.17, 15) is 4.79 Å². The van der Waals surface area contributed by atoms with E-state index in [0.29, 0.717) is 12.0 Å². The molecule has 0 amide bonds. The van der Waals surface area contributed by atoms with E-state index in [-0.39, 0.29) is 5.78 Å². The monoisotopic (exact) mass is 227 g/mol. The van der Waals surface area contributed by atoms with Crippen LogP contribution < -0.4 is 0 Å². The lowest BCUT2D eigenvalue weighted by atomic mass is 9.97. The van der Waals surface area contributed by atoms with Crippen molar-refractivity contribution in [3.63, 3.8) is 0 Å². The van der Waals surface area contributed by atoms with Gasteiger partial charge in [0.05, 0.1) is 11.6 Å². The maximum atomic E-state index is 11.9. The Labute approximate surface area is 102 Å². The molecule has 1 aliphatic rings. The summed E-state index contributed by atoms with van der Waals surface area (Å²) in [6.07, 6.45) is 6.92. The summed E-state index contributed by atoms with van der Waals surface area (Å²) in [5.74, 6) is 0.971. The molecule has 0 heterocycles. The molecule has 17 heavy (non-hydrogen) atoms. The first kappa shape index (κ1) is 11.9. The van der Waals surface area contributed by atoms with Crippen molar-refractivity contribution in [2.75, 3.05) is 0 Å². The summed E-state index contributed by atoms with van der Waals surface area (Å²) in [7, 11) is 0. The highest BCUT2D eigenvalue weighted by molar-refractivity contribution is 5.96. The van der Waals surface area contributed by atoms with Gasteiger partial charge in [-0.3, -0.25) is 4.79 Å². The summed E-state index contributed by atoms with van der Waals surface area (Å²) in [5.41, 5.74) is 1.35. The Morgan fingerprint density at radius 1 is 1.24 bits per heavy atom. The maximum absolute atomic E-state index is 11.9. The van der Waals surface area contributed by atoms with E-state index < -0.39 is 0 Å². The summed E-state index contributed by atoms with van der Waals surface area (Å²) < 4.78 is 0. The first-order valence-electron chi connectivity index (χ1n) is 6.33. The van der Waals surface area contributed by atoms with Crippen molar-refractivity contribution in [2.24, 2.45) is 5.92 Å². The average molecular weight is 227 g/mol. The van der Waals surface area contributed by atoms with Crippen molar-refractivity contribution >= 4 is 5.78 Å². The lowest BCUT2D eigenvalue weighted by Gasteiger charge is -2.07. The summed E-state index contributed by atoms with van der Waals surface area (Å²) in [6.45, 7) is 0. The van der Waals surface area contributed by atoms with E-state index in [1.807, 2.05) is 0 Å². The molecule has 1 aromatic rings. The molecule has 0 N–H and O–H groups in total. The number of nitrogens with zero attached hydrogens (tertiary/aromatic N) is 1. The van der Waals surface area contributed by atoms with Crippen LogP contribution in [0.25, 0.3) is 0 Å². The molecule has 2 nitrogen and oxygen atoms in total. The number of benzene rings is 1. The van der Waals surface area contributed by atoms with Gasteiger partial charge in [0.15, 0.2) is 5.78 Å². The second kappa shape index (κ2) is 5.63. The Bertz CT molecular complexity index is 421. The molecule has 1 fully saturated rings. The third-order valence-electron chi connectivity index (χ3n) is 3.59. The minimum atomic E-state index is 0.210. The molecule has 2 rings (SSSR count). The van der Waals surface area contributed by atoms with Gasteiger partial charge in [-0.2, -0.15) is 5.26 Å². The summed E-state index contributed by atoms with van der Waals surface area (Å²) in [5, 5.41) is 8.68. The maximum Gasteiger partial charge on any atom is 0.162 e. The van der Waals surface area contributed by atoms with Gasteiger partial charge < -0.3 is 0 Å². The molecule has 0 unspecified atom stereocenters. The van der Waals surface area contributed by atoms with E-state index >= 15 is 0 Å². The van der Waals surface area contributed by atoms with Crippen LogP contribution in [0, 0.1) is 17.2 Å². The molecule has 0 atom stereocenters. The van der Waals surface area contributed by atoms with E-state index in [1.54, 1.807) is 24.3 Å². The van der Waals surface area contributed by atoms with Crippen molar-refractivity contribution in [1.82, 2.24) is 0 Å². The van der Waals surface area contributed by atoms with Crippen LogP contribution >= 0.6 is 0 Å². The molecule has 0 aromatic heterocycles. The standard InChI is InChI=1S/C15H17NO/c16-11-13-5-8-14(9-6-13)15(17)10-7-12-3-1-2-4-12/h5-6,8-9,12H,1-4,7,10H2.